The zero-order chi connectivity index (χ0) is 5.70. The minimum Gasteiger partial charge on any atom is -0.271 e. The van der Waals surface area contributed by atoms with Crippen molar-refractivity contribution in [3.63, 3.8) is 0 Å². The van der Waals surface area contributed by atoms with Crippen LogP contribution in [0.4, 0.5) is 0 Å². The molecule has 0 aromatic rings. The summed E-state index contributed by atoms with van der Waals surface area (Å²) in [6, 6.07) is 0. The highest BCUT2D eigenvalue weighted by molar-refractivity contribution is 5.75. The Labute approximate surface area is 42.2 Å². The van der Waals surface area contributed by atoms with Crippen LogP contribution in [-0.4, -0.2) is 5.91 Å². The first-order chi connectivity index (χ1) is 3.31. The predicted octanol–water partition coefficient (Wildman–Crippen LogP) is 1.16. The van der Waals surface area contributed by atoms with Crippen LogP contribution >= 0.6 is 0 Å². The lowest BCUT2D eigenvalue weighted by molar-refractivity contribution is -0.118. The third-order valence-corrected chi connectivity index (χ3v) is 0.515. The van der Waals surface area contributed by atoms with Crippen molar-refractivity contribution in [3.05, 3.63) is 6.92 Å². The highest BCUT2D eigenvalue weighted by Crippen LogP contribution is 1.86. The molecule has 3 heteroatoms. The quantitative estimate of drug-likeness (QED) is 0.519. The second-order valence-corrected chi connectivity index (χ2v) is 1.11. The van der Waals surface area contributed by atoms with Crippen LogP contribution in [-0.2, 0) is 4.79 Å². The van der Waals surface area contributed by atoms with Gasteiger partial charge in [0.25, 0.3) is 5.91 Å². The molecule has 0 unspecified atom stereocenters. The molecule has 0 fully saturated rings. The molecule has 0 aliphatic rings. The second kappa shape index (κ2) is 3.46. The summed E-state index contributed by atoms with van der Waals surface area (Å²) < 4.78 is 0. The summed E-state index contributed by atoms with van der Waals surface area (Å²) in [6.07, 6.45) is 0.824. The number of nitrogens with one attached hydrogen (secondary N) is 1. The van der Waals surface area contributed by atoms with Crippen molar-refractivity contribution in [1.29, 1.82) is 5.53 Å². The maximum Gasteiger partial charge on any atom is 0.264 e. The van der Waals surface area contributed by atoms with Crippen molar-refractivity contribution in [2.75, 3.05) is 0 Å². The molecule has 0 bridgehead atoms. The molecule has 7 heavy (non-hydrogen) atoms. The Morgan fingerprint density at radius 1 is 1.86 bits per heavy atom. The van der Waals surface area contributed by atoms with Crippen LogP contribution in [0.1, 0.15) is 12.8 Å². The SMILES string of the molecule is [CH2]CCC(=O)N=N. The van der Waals surface area contributed by atoms with Crippen molar-refractivity contribution in [1.82, 2.24) is 0 Å². The van der Waals surface area contributed by atoms with E-state index in [0.717, 1.165) is 0 Å². The second-order valence-electron chi connectivity index (χ2n) is 1.11. The van der Waals surface area contributed by atoms with Crippen LogP contribution in [0.3, 0.4) is 0 Å². The molecule has 0 atom stereocenters. The molecule has 0 rings (SSSR count). The van der Waals surface area contributed by atoms with Crippen LogP contribution in [0, 0.1) is 12.5 Å². The molecule has 0 aliphatic carbocycles. The van der Waals surface area contributed by atoms with Gasteiger partial charge in [0.2, 0.25) is 0 Å². The molecule has 0 saturated carbocycles. The Kier molecular flexibility index (Phi) is 3.10. The first kappa shape index (κ1) is 6.27. The number of hydrogen-bond acceptors (Lipinski definition) is 2. The lowest BCUT2D eigenvalue weighted by Gasteiger charge is -1.80. The average Bonchev–Trinajstić information content (AvgIpc) is 1.68. The maximum atomic E-state index is 10.0. The summed E-state index contributed by atoms with van der Waals surface area (Å²) in [6.45, 7) is 3.41. The number of nitrogens with zero attached hydrogens (tertiary/aromatic N) is 1. The number of carbonyl (C=O) groups is 1. The molecule has 1 amide bonds. The standard InChI is InChI=1S/C4H7N2O/c1-2-3-4(7)6-5/h5H,1-3H2. The van der Waals surface area contributed by atoms with Gasteiger partial charge in [-0.3, -0.25) is 4.79 Å². The molecule has 0 heterocycles. The normalized spacial score (nSPS) is 8.14. The molecule has 0 aliphatic heterocycles. The Morgan fingerprint density at radius 2 is 2.43 bits per heavy atom. The fraction of sp³-hybridized carbons (Fsp3) is 0.500. The molecule has 0 saturated heterocycles. The minimum absolute atomic E-state index is 0.295. The highest BCUT2D eigenvalue weighted by atomic mass is 16.1. The number of carbonyl (C=O) groups excluding carboxylic acids is 1. The zero-order valence-electron chi connectivity index (χ0n) is 3.98. The van der Waals surface area contributed by atoms with Crippen molar-refractivity contribution in [2.24, 2.45) is 5.11 Å². The molecule has 0 spiro atoms. The van der Waals surface area contributed by atoms with Crippen molar-refractivity contribution >= 4 is 5.91 Å². The van der Waals surface area contributed by atoms with Gasteiger partial charge in [-0.2, -0.15) is 0 Å². The number of rotatable bonds is 2. The fourth-order valence-corrected chi connectivity index (χ4v) is 0.207. The predicted molar refractivity (Wildman–Crippen MR) is 24.7 cm³/mol. The van der Waals surface area contributed by atoms with Crippen molar-refractivity contribution in [2.45, 2.75) is 12.8 Å². The lowest BCUT2D eigenvalue weighted by Crippen LogP contribution is -1.87. The molecular weight excluding hydrogens is 92.1 g/mol. The molecule has 0 aromatic carbocycles. The summed E-state index contributed by atoms with van der Waals surface area (Å²) in [4.78, 5) is 10.0. The van der Waals surface area contributed by atoms with Gasteiger partial charge >= 0.3 is 0 Å². The van der Waals surface area contributed by atoms with Gasteiger partial charge in [-0.25, -0.2) is 5.53 Å². The van der Waals surface area contributed by atoms with Crippen molar-refractivity contribution in [3.8, 4) is 0 Å². The molecule has 3 nitrogen and oxygen atoms in total. The topological polar surface area (TPSA) is 53.3 Å². The molecular formula is C4H7N2O. The lowest BCUT2D eigenvalue weighted by atomic mass is 10.3. The third-order valence-electron chi connectivity index (χ3n) is 0.515. The number of hydrogen-bond donors (Lipinski definition) is 1. The number of amides is 1. The smallest absolute Gasteiger partial charge is 0.264 e. The summed E-state index contributed by atoms with van der Waals surface area (Å²) >= 11 is 0. The van der Waals surface area contributed by atoms with Crippen LogP contribution in [0.15, 0.2) is 5.11 Å². The van der Waals surface area contributed by atoms with E-state index in [9.17, 15) is 4.79 Å². The highest BCUT2D eigenvalue weighted by Gasteiger charge is 1.91. The first-order valence-corrected chi connectivity index (χ1v) is 2.00. The van der Waals surface area contributed by atoms with Gasteiger partial charge in [0.05, 0.1) is 0 Å². The van der Waals surface area contributed by atoms with Crippen LogP contribution < -0.4 is 0 Å². The molecule has 39 valence electrons. The van der Waals surface area contributed by atoms with E-state index in [2.05, 4.69) is 12.0 Å². The third kappa shape index (κ3) is 3.09. The van der Waals surface area contributed by atoms with E-state index >= 15 is 0 Å². The van der Waals surface area contributed by atoms with Crippen LogP contribution in [0.2, 0.25) is 0 Å². The van der Waals surface area contributed by atoms with Crippen LogP contribution in [0.25, 0.3) is 0 Å². The molecule has 0 aromatic heterocycles. The minimum atomic E-state index is -0.394. The first-order valence-electron chi connectivity index (χ1n) is 2.00. The van der Waals surface area contributed by atoms with Gasteiger partial charge in [-0.1, -0.05) is 6.92 Å². The van der Waals surface area contributed by atoms with Crippen LogP contribution in [0.5, 0.6) is 0 Å². The zero-order valence-corrected chi connectivity index (χ0v) is 3.98. The van der Waals surface area contributed by atoms with Gasteiger partial charge in [-0.15, -0.1) is 5.11 Å². The van der Waals surface area contributed by atoms with Gasteiger partial charge < -0.3 is 0 Å². The largest absolute Gasteiger partial charge is 0.271 e. The van der Waals surface area contributed by atoms with E-state index in [4.69, 9.17) is 5.53 Å². The van der Waals surface area contributed by atoms with E-state index in [1.165, 1.54) is 0 Å². The Morgan fingerprint density at radius 3 is 2.57 bits per heavy atom. The monoisotopic (exact) mass is 99.1 g/mol. The van der Waals surface area contributed by atoms with E-state index in [1.54, 1.807) is 0 Å². The van der Waals surface area contributed by atoms with Gasteiger partial charge in [0, 0.05) is 6.42 Å². The maximum absolute atomic E-state index is 10.0. The molecule has 1 radical (unpaired) electrons. The van der Waals surface area contributed by atoms with E-state index < -0.39 is 5.91 Å². The summed E-state index contributed by atoms with van der Waals surface area (Å²) in [5.74, 6) is -0.394. The van der Waals surface area contributed by atoms with E-state index in [0.29, 0.717) is 12.8 Å². The Balaban J connectivity index is 3.17. The summed E-state index contributed by atoms with van der Waals surface area (Å²) in [5.41, 5.74) is 6.16. The summed E-state index contributed by atoms with van der Waals surface area (Å²) in [7, 11) is 0. The molecule has 1 N–H and O–H groups in total. The fourth-order valence-electron chi connectivity index (χ4n) is 0.207. The van der Waals surface area contributed by atoms with Gasteiger partial charge in [-0.05, 0) is 6.42 Å². The van der Waals surface area contributed by atoms with E-state index in [1.807, 2.05) is 0 Å². The summed E-state index contributed by atoms with van der Waals surface area (Å²) in [5, 5.41) is 2.65. The van der Waals surface area contributed by atoms with Gasteiger partial charge in [0.15, 0.2) is 0 Å². The van der Waals surface area contributed by atoms with Crippen molar-refractivity contribution < 1.29 is 4.79 Å². The van der Waals surface area contributed by atoms with Gasteiger partial charge in [0.1, 0.15) is 0 Å². The Hall–Kier alpha value is -0.730. The van der Waals surface area contributed by atoms with E-state index in [-0.39, 0.29) is 0 Å². The average molecular weight is 99.1 g/mol. The Bertz CT molecular complexity index is 79.8.